The number of carbonyl (C=O) groups excluding carboxylic acids is 1. The van der Waals surface area contributed by atoms with Crippen molar-refractivity contribution >= 4 is 17.8 Å². The number of methoxy groups -OCH3 is 2. The molecule has 0 aliphatic heterocycles. The summed E-state index contributed by atoms with van der Waals surface area (Å²) in [5.41, 5.74) is 1.27. The monoisotopic (exact) mass is 342 g/mol. The van der Waals surface area contributed by atoms with Gasteiger partial charge in [0.15, 0.2) is 23.9 Å². The van der Waals surface area contributed by atoms with E-state index in [1.165, 1.54) is 25.3 Å². The van der Waals surface area contributed by atoms with Crippen molar-refractivity contribution in [1.29, 1.82) is 0 Å². The largest absolute Gasteiger partial charge is 0.497 e. The zero-order valence-corrected chi connectivity index (χ0v) is 13.9. The van der Waals surface area contributed by atoms with E-state index in [9.17, 15) is 9.59 Å². The number of allylic oxidation sites excluding steroid dienone is 1. The zero-order chi connectivity index (χ0) is 18.2. The second-order valence-corrected chi connectivity index (χ2v) is 5.02. The first-order valence-electron chi connectivity index (χ1n) is 7.42. The molecule has 0 unspecified atom stereocenters. The Kier molecular flexibility index (Phi) is 6.17. The van der Waals surface area contributed by atoms with Crippen LogP contribution < -0.4 is 14.2 Å². The molecular formula is C19H18O6. The molecule has 6 nitrogen and oxygen atoms in total. The van der Waals surface area contributed by atoms with E-state index in [2.05, 4.69) is 0 Å². The van der Waals surface area contributed by atoms with Gasteiger partial charge in [0.1, 0.15) is 5.75 Å². The van der Waals surface area contributed by atoms with Gasteiger partial charge in [-0.05, 0) is 42.0 Å². The van der Waals surface area contributed by atoms with Gasteiger partial charge < -0.3 is 19.3 Å². The molecule has 2 aromatic carbocycles. The lowest BCUT2D eigenvalue weighted by Crippen LogP contribution is -2.10. The molecule has 0 bridgehead atoms. The van der Waals surface area contributed by atoms with Crippen LogP contribution >= 0.6 is 0 Å². The molecule has 0 atom stereocenters. The van der Waals surface area contributed by atoms with Crippen LogP contribution in [-0.2, 0) is 4.79 Å². The third-order valence-corrected chi connectivity index (χ3v) is 3.34. The first kappa shape index (κ1) is 18.1. The summed E-state index contributed by atoms with van der Waals surface area (Å²) in [6, 6.07) is 11.9. The van der Waals surface area contributed by atoms with Crippen molar-refractivity contribution in [3.63, 3.8) is 0 Å². The molecule has 0 aliphatic carbocycles. The Morgan fingerprint density at radius 2 is 1.72 bits per heavy atom. The quantitative estimate of drug-likeness (QED) is 0.586. The molecule has 0 amide bonds. The van der Waals surface area contributed by atoms with E-state index in [0.29, 0.717) is 11.3 Å². The van der Waals surface area contributed by atoms with Gasteiger partial charge in [-0.2, -0.15) is 0 Å². The van der Waals surface area contributed by atoms with E-state index in [1.54, 1.807) is 19.3 Å². The highest BCUT2D eigenvalue weighted by molar-refractivity contribution is 6.07. The van der Waals surface area contributed by atoms with Gasteiger partial charge in [0.25, 0.3) is 0 Å². The topological polar surface area (TPSA) is 82.1 Å². The molecule has 2 rings (SSSR count). The molecule has 2 aromatic rings. The Bertz CT molecular complexity index is 777. The maximum atomic E-state index is 12.3. The van der Waals surface area contributed by atoms with E-state index >= 15 is 0 Å². The average Bonchev–Trinajstić information content (AvgIpc) is 2.64. The van der Waals surface area contributed by atoms with Crippen LogP contribution in [0.1, 0.15) is 15.9 Å². The fourth-order valence-corrected chi connectivity index (χ4v) is 2.06. The van der Waals surface area contributed by atoms with Crippen LogP contribution in [0.4, 0.5) is 0 Å². The van der Waals surface area contributed by atoms with E-state index in [1.807, 2.05) is 24.3 Å². The summed E-state index contributed by atoms with van der Waals surface area (Å²) in [5, 5.41) is 8.66. The van der Waals surface area contributed by atoms with Crippen molar-refractivity contribution in [2.75, 3.05) is 20.8 Å². The molecule has 0 aromatic heterocycles. The van der Waals surface area contributed by atoms with E-state index < -0.39 is 12.6 Å². The Morgan fingerprint density at radius 1 is 1.00 bits per heavy atom. The summed E-state index contributed by atoms with van der Waals surface area (Å²) in [7, 11) is 3.01. The molecule has 0 aliphatic rings. The van der Waals surface area contributed by atoms with Crippen molar-refractivity contribution < 1.29 is 28.9 Å². The smallest absolute Gasteiger partial charge is 0.341 e. The zero-order valence-electron chi connectivity index (χ0n) is 13.9. The SMILES string of the molecule is COc1ccc(C=CC(=O)c2ccc(OCC(=O)O)c(OC)c2)cc1. The molecule has 6 heteroatoms. The number of aliphatic carboxylic acids is 1. The number of carbonyl (C=O) groups is 2. The van der Waals surface area contributed by atoms with Crippen LogP contribution in [0, 0.1) is 0 Å². The van der Waals surface area contributed by atoms with Crippen molar-refractivity contribution in [2.45, 2.75) is 0 Å². The second-order valence-electron chi connectivity index (χ2n) is 5.02. The van der Waals surface area contributed by atoms with Gasteiger partial charge in [-0.15, -0.1) is 0 Å². The second kappa shape index (κ2) is 8.54. The van der Waals surface area contributed by atoms with E-state index in [4.69, 9.17) is 19.3 Å². The average molecular weight is 342 g/mol. The maximum Gasteiger partial charge on any atom is 0.341 e. The lowest BCUT2D eigenvalue weighted by Gasteiger charge is -2.09. The van der Waals surface area contributed by atoms with Crippen LogP contribution in [0.15, 0.2) is 48.5 Å². The number of carboxylic acids is 1. The minimum atomic E-state index is -1.09. The Hall–Kier alpha value is -3.28. The molecule has 0 fully saturated rings. The fraction of sp³-hybridized carbons (Fsp3) is 0.158. The highest BCUT2D eigenvalue weighted by Crippen LogP contribution is 2.28. The molecular weight excluding hydrogens is 324 g/mol. The van der Waals surface area contributed by atoms with Crippen LogP contribution in [-0.4, -0.2) is 37.7 Å². The molecule has 25 heavy (non-hydrogen) atoms. The van der Waals surface area contributed by atoms with Crippen LogP contribution in [0.2, 0.25) is 0 Å². The van der Waals surface area contributed by atoms with Gasteiger partial charge in [-0.1, -0.05) is 18.2 Å². The van der Waals surface area contributed by atoms with Gasteiger partial charge in [-0.25, -0.2) is 4.79 Å². The first-order chi connectivity index (χ1) is 12.0. The predicted octanol–water partition coefficient (Wildman–Crippen LogP) is 3.06. The van der Waals surface area contributed by atoms with Crippen molar-refractivity contribution in [2.24, 2.45) is 0 Å². The summed E-state index contributed by atoms with van der Waals surface area (Å²) >= 11 is 0. The third-order valence-electron chi connectivity index (χ3n) is 3.34. The fourth-order valence-electron chi connectivity index (χ4n) is 2.06. The van der Waals surface area contributed by atoms with Crippen molar-refractivity contribution in [3.05, 3.63) is 59.7 Å². The first-order valence-corrected chi connectivity index (χ1v) is 7.42. The van der Waals surface area contributed by atoms with Gasteiger partial charge >= 0.3 is 5.97 Å². The molecule has 1 N–H and O–H groups in total. The highest BCUT2D eigenvalue weighted by Gasteiger charge is 2.10. The number of carboxylic acid groups (broad SMARTS) is 1. The summed E-state index contributed by atoms with van der Waals surface area (Å²) in [6.45, 7) is -0.485. The standard InChI is InChI=1S/C19H18O6/c1-23-15-7-3-13(4-8-15)5-9-16(20)14-6-10-17(18(11-14)24-2)25-12-19(21)22/h3-11H,12H2,1-2H3,(H,21,22). The van der Waals surface area contributed by atoms with Crippen molar-refractivity contribution in [1.82, 2.24) is 0 Å². The van der Waals surface area contributed by atoms with E-state index in [0.717, 1.165) is 11.3 Å². The van der Waals surface area contributed by atoms with Crippen molar-refractivity contribution in [3.8, 4) is 17.2 Å². The van der Waals surface area contributed by atoms with Gasteiger partial charge in [0.05, 0.1) is 14.2 Å². The number of ketones is 1. The number of hydrogen-bond acceptors (Lipinski definition) is 5. The van der Waals surface area contributed by atoms with Gasteiger partial charge in [0, 0.05) is 5.56 Å². The summed E-state index contributed by atoms with van der Waals surface area (Å²) < 4.78 is 15.3. The van der Waals surface area contributed by atoms with Gasteiger partial charge in [0.2, 0.25) is 0 Å². The molecule has 0 saturated heterocycles. The van der Waals surface area contributed by atoms with Gasteiger partial charge in [-0.3, -0.25) is 4.79 Å². The molecule has 130 valence electrons. The molecule has 0 saturated carbocycles. The number of hydrogen-bond donors (Lipinski definition) is 1. The maximum absolute atomic E-state index is 12.3. The Morgan fingerprint density at radius 3 is 2.32 bits per heavy atom. The van der Waals surface area contributed by atoms with Crippen LogP contribution in [0.3, 0.4) is 0 Å². The lowest BCUT2D eigenvalue weighted by atomic mass is 10.1. The Balaban J connectivity index is 2.12. The molecule has 0 spiro atoms. The van der Waals surface area contributed by atoms with Crippen LogP contribution in [0.25, 0.3) is 6.08 Å². The van der Waals surface area contributed by atoms with Crippen LogP contribution in [0.5, 0.6) is 17.2 Å². The summed E-state index contributed by atoms with van der Waals surface area (Å²) in [6.07, 6.45) is 3.15. The predicted molar refractivity (Wildman–Crippen MR) is 92.5 cm³/mol. The minimum Gasteiger partial charge on any atom is -0.497 e. The third kappa shape index (κ3) is 5.10. The Labute approximate surface area is 145 Å². The summed E-state index contributed by atoms with van der Waals surface area (Å²) in [5.74, 6) is -0.000715. The highest BCUT2D eigenvalue weighted by atomic mass is 16.5. The molecule has 0 radical (unpaired) electrons. The lowest BCUT2D eigenvalue weighted by molar-refractivity contribution is -0.139. The number of rotatable bonds is 8. The normalized spacial score (nSPS) is 10.5. The number of ether oxygens (including phenoxy) is 3. The number of benzene rings is 2. The van der Waals surface area contributed by atoms with E-state index in [-0.39, 0.29) is 11.5 Å². The minimum absolute atomic E-state index is 0.209. The molecule has 0 heterocycles. The summed E-state index contributed by atoms with van der Waals surface area (Å²) in [4.78, 5) is 22.9.